The van der Waals surface area contributed by atoms with Crippen molar-refractivity contribution < 1.29 is 89.9 Å². The summed E-state index contributed by atoms with van der Waals surface area (Å²) in [6, 6.07) is 33.7. The molecule has 0 bridgehead atoms. The molecule has 8 rings (SSSR count). The molecule has 2 aliphatic rings. The molecule has 26 nitrogen and oxygen atoms in total. The number of hydrogen-bond donors (Lipinski definition) is 2. The third-order valence-corrected chi connectivity index (χ3v) is 16.4. The van der Waals surface area contributed by atoms with E-state index < -0.39 is 105 Å². The molecule has 484 valence electrons. The number of esters is 4. The second-order valence-electron chi connectivity index (χ2n) is 21.4. The second-order valence-corrected chi connectivity index (χ2v) is 22.8. The first-order valence-electron chi connectivity index (χ1n) is 29.2. The molecule has 90 heavy (non-hydrogen) atoms. The lowest BCUT2D eigenvalue weighted by Crippen LogP contribution is -2.63. The van der Waals surface area contributed by atoms with Crippen molar-refractivity contribution in [3.63, 3.8) is 0 Å². The van der Waals surface area contributed by atoms with E-state index in [0.717, 1.165) is 37.5 Å². The van der Waals surface area contributed by atoms with Gasteiger partial charge in [-0.25, -0.2) is 9.65 Å². The molecule has 0 aliphatic carbocycles. The quantitative estimate of drug-likeness (QED) is 0.0142. The first-order chi connectivity index (χ1) is 43.3. The molecule has 9 atom stereocenters. The molecule has 2 aliphatic heterocycles. The number of aromatic nitrogens is 4. The number of aromatic amines is 1. The number of carbonyl (C=O) groups excluding carboxylic acids is 5. The highest BCUT2D eigenvalue weighted by atomic mass is 31.2. The van der Waals surface area contributed by atoms with Crippen LogP contribution in [-0.2, 0) is 81.3 Å². The van der Waals surface area contributed by atoms with Crippen LogP contribution < -0.4 is 25.1 Å². The van der Waals surface area contributed by atoms with Gasteiger partial charge < -0.3 is 65.9 Å². The fraction of sp³-hybridized carbons (Fsp3) is 0.460. The van der Waals surface area contributed by atoms with Crippen LogP contribution >= 0.6 is 8.53 Å². The van der Waals surface area contributed by atoms with E-state index in [4.69, 9.17) is 65.9 Å². The number of methoxy groups -OCH3 is 2. The molecule has 4 heterocycles. The molecule has 0 spiro atoms. The number of nitrogens with one attached hydrogen (secondary N) is 2. The maximum Gasteiger partial charge on any atom is 0.303 e. The van der Waals surface area contributed by atoms with Crippen molar-refractivity contribution in [3.05, 3.63) is 143 Å². The number of anilines is 1. The van der Waals surface area contributed by atoms with Gasteiger partial charge in [0.05, 0.1) is 59.7 Å². The highest BCUT2D eigenvalue weighted by molar-refractivity contribution is 7.44. The Morgan fingerprint density at radius 2 is 1.27 bits per heavy atom. The third-order valence-electron chi connectivity index (χ3n) is 14.3. The Balaban J connectivity index is 1.06. The van der Waals surface area contributed by atoms with Gasteiger partial charge in [-0.1, -0.05) is 72.8 Å². The maximum absolute atomic E-state index is 13.6. The number of hydrogen-bond acceptors (Lipinski definition) is 23. The summed E-state index contributed by atoms with van der Waals surface area (Å²) in [6.07, 6.45) is -7.63. The SMILES string of the molecule is COc1ccc(C(OC[C@H]2O[C@@H](n3cnc4c(=O)[nH]c(NC(=O)COc5ccccc5)nc43)C[C@@H]2OP(OCCOCCO[C@@H]2O[C@H](COC(C)=O)[C@@H](OC(C)=O)[C@H](OC(C)=O)[C@H]2OC(C)=O)N(C(C)C)C(C)C)(c2ccccc2)c2ccc(OC)cc2)cc1. The maximum atomic E-state index is 13.6. The minimum atomic E-state index is -1.94. The number of imidazole rings is 1. The zero-order valence-corrected chi connectivity index (χ0v) is 52.7. The van der Waals surface area contributed by atoms with Crippen LogP contribution in [0, 0.1) is 0 Å². The van der Waals surface area contributed by atoms with Crippen LogP contribution in [-0.4, -0.2) is 169 Å². The summed E-state index contributed by atoms with van der Waals surface area (Å²) >= 11 is 0. The van der Waals surface area contributed by atoms with E-state index in [1.54, 1.807) is 43.1 Å². The van der Waals surface area contributed by atoms with Gasteiger partial charge in [0.2, 0.25) is 5.95 Å². The van der Waals surface area contributed by atoms with E-state index in [0.29, 0.717) is 17.2 Å². The van der Waals surface area contributed by atoms with Gasteiger partial charge in [0.15, 0.2) is 42.4 Å². The minimum absolute atomic E-state index is 0.00350. The molecule has 1 unspecified atom stereocenters. The largest absolute Gasteiger partial charge is 0.497 e. The summed E-state index contributed by atoms with van der Waals surface area (Å²) in [5, 5.41) is 2.64. The van der Waals surface area contributed by atoms with Gasteiger partial charge in [0.25, 0.3) is 20.0 Å². The van der Waals surface area contributed by atoms with Crippen LogP contribution in [0.4, 0.5) is 5.95 Å². The van der Waals surface area contributed by atoms with E-state index in [1.165, 1.54) is 13.3 Å². The van der Waals surface area contributed by atoms with Crippen molar-refractivity contribution >= 4 is 55.4 Å². The van der Waals surface area contributed by atoms with E-state index in [-0.39, 0.29) is 75.3 Å². The molecule has 0 radical (unpaired) electrons. The summed E-state index contributed by atoms with van der Waals surface area (Å²) in [4.78, 5) is 87.4. The highest BCUT2D eigenvalue weighted by Gasteiger charge is 2.53. The number of nitrogens with zero attached hydrogens (tertiary/aromatic N) is 4. The van der Waals surface area contributed by atoms with E-state index in [9.17, 15) is 28.8 Å². The molecule has 2 N–H and O–H groups in total. The number of para-hydroxylation sites is 1. The fourth-order valence-corrected chi connectivity index (χ4v) is 12.2. The Morgan fingerprint density at radius 3 is 1.86 bits per heavy atom. The van der Waals surface area contributed by atoms with Crippen LogP contribution in [0.5, 0.6) is 17.2 Å². The molecule has 27 heteroatoms. The van der Waals surface area contributed by atoms with Gasteiger partial charge in [-0.2, -0.15) is 4.98 Å². The van der Waals surface area contributed by atoms with Crippen molar-refractivity contribution in [2.45, 2.75) is 129 Å². The summed E-state index contributed by atoms with van der Waals surface area (Å²) in [5.41, 5.74) is 0.607. The standard InChI is InChI=1S/C63H77N6O20P/c1-38(2)69(39(3)4)90(83-32-30-78-29-31-79-61-58(86-43(8)73)57(85-42(7)72)56(84-41(6)71)52(88-61)34-80-40(5)70)89-50-33-54(68-37-64-55-59(68)66-62(67-60(55)75)65-53(74)36-81-49-19-15-12-16-20-49)87-51(50)35-82-63(44-17-13-11-14-18-44,45-21-25-47(76-9)26-22-45)46-23-27-48(77-10)28-24-46/h11-28,37-39,50-52,54,56-58,61H,29-36H2,1-10H3,(H2,65,66,67,74,75)/t50-,51+,52+,54+,56+,57-,58+,61+,90?/m0/s1. The van der Waals surface area contributed by atoms with E-state index in [2.05, 4.69) is 24.9 Å². The number of rotatable bonds is 31. The lowest BCUT2D eigenvalue weighted by Gasteiger charge is -2.44. The number of H-pyrrole nitrogens is 1. The lowest BCUT2D eigenvalue weighted by atomic mass is 9.80. The Morgan fingerprint density at radius 1 is 0.689 bits per heavy atom. The Bertz CT molecular complexity index is 3320. The number of amides is 1. The third kappa shape index (κ3) is 17.5. The van der Waals surface area contributed by atoms with Crippen LogP contribution in [0.1, 0.15) is 84.7 Å². The molecule has 4 aromatic carbocycles. The summed E-state index contributed by atoms with van der Waals surface area (Å²) in [7, 11) is 1.26. The number of carbonyl (C=O) groups is 5. The minimum Gasteiger partial charge on any atom is -0.497 e. The molecule has 2 fully saturated rings. The normalized spacial score (nSPS) is 20.4. The van der Waals surface area contributed by atoms with Crippen LogP contribution in [0.15, 0.2) is 120 Å². The number of ether oxygens (including phenoxy) is 12. The average molecular weight is 1270 g/mol. The zero-order chi connectivity index (χ0) is 64.5. The highest BCUT2D eigenvalue weighted by Crippen LogP contribution is 2.51. The molecule has 0 saturated carbocycles. The van der Waals surface area contributed by atoms with Crippen molar-refractivity contribution in [3.8, 4) is 17.2 Å². The number of benzene rings is 4. The average Bonchev–Trinajstić information content (AvgIpc) is 1.11. The van der Waals surface area contributed by atoms with Gasteiger partial charge in [0, 0.05) is 46.2 Å². The van der Waals surface area contributed by atoms with Crippen LogP contribution in [0.25, 0.3) is 11.2 Å². The molecular formula is C63H77N6O20P. The summed E-state index contributed by atoms with van der Waals surface area (Å²) in [5.74, 6) is -1.91. The van der Waals surface area contributed by atoms with Crippen LogP contribution in [0.3, 0.4) is 0 Å². The molecule has 1 amide bonds. The topological polar surface area (TPSA) is 293 Å². The van der Waals surface area contributed by atoms with Crippen molar-refractivity contribution in [1.82, 2.24) is 24.2 Å². The molecule has 2 aromatic heterocycles. The molecule has 6 aromatic rings. The first kappa shape index (κ1) is 68.0. The molecule has 2 saturated heterocycles. The fourth-order valence-electron chi connectivity index (χ4n) is 10.5. The van der Waals surface area contributed by atoms with Gasteiger partial charge in [-0.3, -0.25) is 43.6 Å². The zero-order valence-electron chi connectivity index (χ0n) is 51.8. The lowest BCUT2D eigenvalue weighted by molar-refractivity contribution is -0.309. The molecular weight excluding hydrogens is 1190 g/mol. The van der Waals surface area contributed by atoms with Gasteiger partial charge in [-0.15, -0.1) is 0 Å². The van der Waals surface area contributed by atoms with Gasteiger partial charge >= 0.3 is 23.9 Å². The van der Waals surface area contributed by atoms with Gasteiger partial charge in [0.1, 0.15) is 47.9 Å². The van der Waals surface area contributed by atoms with E-state index >= 15 is 0 Å². The predicted molar refractivity (Wildman–Crippen MR) is 324 cm³/mol. The monoisotopic (exact) mass is 1270 g/mol. The van der Waals surface area contributed by atoms with Crippen molar-refractivity contribution in [2.75, 3.05) is 65.8 Å². The second kappa shape index (κ2) is 32.2. The van der Waals surface area contributed by atoms with Crippen molar-refractivity contribution in [2.24, 2.45) is 0 Å². The Hall–Kier alpha value is -7.91. The Labute approximate surface area is 521 Å². The van der Waals surface area contributed by atoms with Gasteiger partial charge in [-0.05, 0) is 80.8 Å². The summed E-state index contributed by atoms with van der Waals surface area (Å²) in [6.45, 7) is 11.7. The smallest absolute Gasteiger partial charge is 0.303 e. The van der Waals surface area contributed by atoms with E-state index in [1.807, 2.05) is 113 Å². The van der Waals surface area contributed by atoms with Crippen molar-refractivity contribution in [1.29, 1.82) is 0 Å². The predicted octanol–water partition coefficient (Wildman–Crippen LogP) is 7.31. The Kier molecular flexibility index (Phi) is 24.3. The number of fused-ring (bicyclic) bond motifs is 1. The van der Waals surface area contributed by atoms with Crippen LogP contribution in [0.2, 0.25) is 0 Å². The summed E-state index contributed by atoms with van der Waals surface area (Å²) < 4.78 is 88.9. The first-order valence-corrected chi connectivity index (χ1v) is 30.4.